The van der Waals surface area contributed by atoms with Gasteiger partial charge in [0, 0.05) is 38.5 Å². The topological polar surface area (TPSA) is 94.2 Å². The summed E-state index contributed by atoms with van der Waals surface area (Å²) in [4.78, 5) is 13.1. The first-order chi connectivity index (χ1) is 15.2. The van der Waals surface area contributed by atoms with Crippen molar-refractivity contribution in [3.8, 4) is 5.69 Å². The smallest absolute Gasteiger partial charge is 0.191 e. The Morgan fingerprint density at radius 3 is 3.03 bits per heavy atom. The van der Waals surface area contributed by atoms with Crippen LogP contribution in [0.3, 0.4) is 0 Å². The van der Waals surface area contributed by atoms with E-state index in [-0.39, 0.29) is 11.9 Å². The third-order valence-corrected chi connectivity index (χ3v) is 5.07. The predicted molar refractivity (Wildman–Crippen MR) is 114 cm³/mol. The molecule has 0 aliphatic carbocycles. The number of guanidine groups is 1. The van der Waals surface area contributed by atoms with E-state index in [0.29, 0.717) is 37.2 Å². The number of hydrogen-bond acceptors (Lipinski definition) is 5. The van der Waals surface area contributed by atoms with Crippen molar-refractivity contribution in [1.82, 2.24) is 34.9 Å². The van der Waals surface area contributed by atoms with Gasteiger partial charge in [0.05, 0.1) is 25.1 Å². The Bertz CT molecular complexity index is 1030. The first-order valence-corrected chi connectivity index (χ1v) is 10.4. The molecule has 1 aliphatic rings. The lowest BCUT2D eigenvalue weighted by Gasteiger charge is -2.25. The van der Waals surface area contributed by atoms with Gasteiger partial charge in [-0.05, 0) is 31.0 Å². The van der Waals surface area contributed by atoms with Crippen molar-refractivity contribution in [3.05, 3.63) is 59.9 Å². The van der Waals surface area contributed by atoms with Crippen LogP contribution in [0, 0.1) is 5.82 Å². The summed E-state index contributed by atoms with van der Waals surface area (Å²) in [5.41, 5.74) is 1.26. The number of aryl methyl sites for hydroxylation is 1. The normalized spacial score (nSPS) is 16.2. The molecule has 0 spiro atoms. The highest BCUT2D eigenvalue weighted by molar-refractivity contribution is 5.80. The van der Waals surface area contributed by atoms with E-state index in [4.69, 9.17) is 4.74 Å². The van der Waals surface area contributed by atoms with Gasteiger partial charge in [-0.3, -0.25) is 0 Å². The first-order valence-electron chi connectivity index (χ1n) is 10.4. The van der Waals surface area contributed by atoms with Gasteiger partial charge in [0.2, 0.25) is 0 Å². The minimum absolute atomic E-state index is 0.183. The van der Waals surface area contributed by atoms with Crippen LogP contribution in [0.5, 0.6) is 0 Å². The summed E-state index contributed by atoms with van der Waals surface area (Å²) in [6, 6.07) is 5.32. The molecule has 0 bridgehead atoms. The molecule has 10 heteroatoms. The Labute approximate surface area is 180 Å². The largest absolute Gasteiger partial charge is 0.377 e. The van der Waals surface area contributed by atoms with Crippen LogP contribution in [0.4, 0.5) is 4.39 Å². The number of nitrogens with zero attached hydrogens (tertiary/aromatic N) is 6. The second-order valence-corrected chi connectivity index (χ2v) is 7.39. The lowest BCUT2D eigenvalue weighted by molar-refractivity contribution is 0.177. The highest BCUT2D eigenvalue weighted by atomic mass is 19.1. The molecule has 1 atom stereocenters. The van der Waals surface area contributed by atoms with E-state index in [1.807, 2.05) is 17.7 Å². The van der Waals surface area contributed by atoms with Crippen LogP contribution >= 0.6 is 0 Å². The summed E-state index contributed by atoms with van der Waals surface area (Å²) < 4.78 is 23.2. The molecule has 0 saturated carbocycles. The Morgan fingerprint density at radius 1 is 1.39 bits per heavy atom. The van der Waals surface area contributed by atoms with Gasteiger partial charge in [0.15, 0.2) is 11.8 Å². The van der Waals surface area contributed by atoms with Gasteiger partial charge in [-0.25, -0.2) is 24.0 Å². The quantitative estimate of drug-likeness (QED) is 0.442. The van der Waals surface area contributed by atoms with Crippen LogP contribution < -0.4 is 10.6 Å². The minimum atomic E-state index is -0.304. The van der Waals surface area contributed by atoms with Crippen molar-refractivity contribution < 1.29 is 9.13 Å². The maximum absolute atomic E-state index is 14.5. The third-order valence-electron chi connectivity index (χ3n) is 5.07. The highest BCUT2D eigenvalue weighted by Gasteiger charge is 2.22. The van der Waals surface area contributed by atoms with Gasteiger partial charge in [-0.2, -0.15) is 5.10 Å². The van der Waals surface area contributed by atoms with Gasteiger partial charge in [0.25, 0.3) is 0 Å². The maximum atomic E-state index is 14.5. The Morgan fingerprint density at radius 2 is 2.29 bits per heavy atom. The standard InChI is InChI=1S/C21H27FN8O/c1-3-24-21(26-16-5-7-20-27-19(13-31-2)28-30(20)12-16)25-11-15-4-6-18(17(22)10-15)29-9-8-23-14-29/h4,6,8-10,14,16H,3,5,7,11-13H2,1-2H3,(H2,24,25,26). The molecule has 2 N–H and O–H groups in total. The number of ether oxygens (including phenoxy) is 1. The van der Waals surface area contributed by atoms with Gasteiger partial charge < -0.3 is 19.9 Å². The molecule has 9 nitrogen and oxygen atoms in total. The number of imidazole rings is 1. The molecule has 2 aromatic heterocycles. The summed E-state index contributed by atoms with van der Waals surface area (Å²) >= 11 is 0. The zero-order valence-electron chi connectivity index (χ0n) is 17.8. The fourth-order valence-electron chi connectivity index (χ4n) is 3.61. The average molecular weight is 427 g/mol. The number of methoxy groups -OCH3 is 1. The third kappa shape index (κ3) is 5.08. The fourth-order valence-corrected chi connectivity index (χ4v) is 3.61. The van der Waals surface area contributed by atoms with Crippen LogP contribution in [0.2, 0.25) is 0 Å². The summed E-state index contributed by atoms with van der Waals surface area (Å²) in [7, 11) is 1.64. The number of benzene rings is 1. The molecule has 0 fully saturated rings. The summed E-state index contributed by atoms with van der Waals surface area (Å²) in [6.07, 6.45) is 6.69. The van der Waals surface area contributed by atoms with Crippen LogP contribution in [0.1, 0.15) is 30.6 Å². The van der Waals surface area contributed by atoms with E-state index in [1.165, 1.54) is 6.07 Å². The van der Waals surface area contributed by atoms with Crippen LogP contribution in [-0.2, 0) is 30.9 Å². The molecule has 1 aromatic carbocycles. The van der Waals surface area contributed by atoms with Gasteiger partial charge in [0.1, 0.15) is 18.2 Å². The molecule has 3 heterocycles. The summed E-state index contributed by atoms with van der Waals surface area (Å²) in [5.74, 6) is 2.09. The lowest BCUT2D eigenvalue weighted by atomic mass is 10.1. The van der Waals surface area contributed by atoms with E-state index < -0.39 is 0 Å². The van der Waals surface area contributed by atoms with Crippen molar-refractivity contribution in [3.63, 3.8) is 0 Å². The SMILES string of the molecule is CCNC(=NCc1ccc(-n2ccnc2)c(F)c1)NC1CCc2nc(COC)nn2C1. The second-order valence-electron chi connectivity index (χ2n) is 7.39. The Kier molecular flexibility index (Phi) is 6.56. The number of aliphatic imine (C=N–C) groups is 1. The van der Waals surface area contributed by atoms with Crippen LogP contribution in [0.15, 0.2) is 41.9 Å². The van der Waals surface area contributed by atoms with Gasteiger partial charge in [-0.1, -0.05) is 6.07 Å². The van der Waals surface area contributed by atoms with Crippen LogP contribution in [0.25, 0.3) is 5.69 Å². The molecule has 1 aliphatic heterocycles. The van der Waals surface area contributed by atoms with E-state index in [1.54, 1.807) is 36.5 Å². The maximum Gasteiger partial charge on any atom is 0.191 e. The summed E-state index contributed by atoms with van der Waals surface area (Å²) in [6.45, 7) is 4.25. The number of fused-ring (bicyclic) bond motifs is 1. The number of aromatic nitrogens is 5. The first kappa shape index (κ1) is 21.0. The van der Waals surface area contributed by atoms with Gasteiger partial charge >= 0.3 is 0 Å². The molecular weight excluding hydrogens is 399 g/mol. The zero-order valence-corrected chi connectivity index (χ0v) is 17.8. The average Bonchev–Trinajstić information content (AvgIpc) is 3.42. The van der Waals surface area contributed by atoms with E-state index in [9.17, 15) is 4.39 Å². The second kappa shape index (κ2) is 9.69. The number of nitrogens with one attached hydrogen (secondary N) is 2. The number of hydrogen-bond donors (Lipinski definition) is 2. The molecule has 0 saturated heterocycles. The van der Waals surface area contributed by atoms with E-state index >= 15 is 0 Å². The van der Waals surface area contributed by atoms with E-state index in [0.717, 1.165) is 30.8 Å². The molecule has 0 amide bonds. The Balaban J connectivity index is 1.41. The minimum Gasteiger partial charge on any atom is -0.377 e. The highest BCUT2D eigenvalue weighted by Crippen LogP contribution is 2.16. The van der Waals surface area contributed by atoms with Crippen molar-refractivity contribution in [2.24, 2.45) is 4.99 Å². The zero-order chi connectivity index (χ0) is 21.6. The number of rotatable bonds is 7. The van der Waals surface area contributed by atoms with Gasteiger partial charge in [-0.15, -0.1) is 0 Å². The van der Waals surface area contributed by atoms with E-state index in [2.05, 4.69) is 30.7 Å². The van der Waals surface area contributed by atoms with Crippen molar-refractivity contribution in [1.29, 1.82) is 0 Å². The predicted octanol–water partition coefficient (Wildman–Crippen LogP) is 1.82. The van der Waals surface area contributed by atoms with Crippen molar-refractivity contribution in [2.45, 2.75) is 45.5 Å². The molecule has 3 aromatic rings. The van der Waals surface area contributed by atoms with Crippen molar-refractivity contribution >= 4 is 5.96 Å². The Hall–Kier alpha value is -3.27. The molecule has 1 unspecified atom stereocenters. The molecule has 0 radical (unpaired) electrons. The van der Waals surface area contributed by atoms with Crippen LogP contribution in [-0.4, -0.2) is 50.0 Å². The molecule has 4 rings (SSSR count). The lowest BCUT2D eigenvalue weighted by Crippen LogP contribution is -2.47. The molecular formula is C21H27FN8O. The number of halogens is 1. The summed E-state index contributed by atoms with van der Waals surface area (Å²) in [5, 5.41) is 11.2. The molecule has 164 valence electrons. The monoisotopic (exact) mass is 426 g/mol. The molecule has 31 heavy (non-hydrogen) atoms. The van der Waals surface area contributed by atoms with Crippen molar-refractivity contribution in [2.75, 3.05) is 13.7 Å². The fraction of sp³-hybridized carbons (Fsp3) is 0.429.